The second-order valence-electron chi connectivity index (χ2n) is 6.16. The lowest BCUT2D eigenvalue weighted by Gasteiger charge is -2.09. The van der Waals surface area contributed by atoms with Gasteiger partial charge in [0.2, 0.25) is 0 Å². The quantitative estimate of drug-likeness (QED) is 0.697. The Bertz CT molecular complexity index is 883. The van der Waals surface area contributed by atoms with Crippen LogP contribution in [0.25, 0.3) is 22.6 Å². The molecular weight excluding hydrogens is 302 g/mol. The van der Waals surface area contributed by atoms with E-state index in [0.29, 0.717) is 13.0 Å². The molecule has 0 saturated heterocycles. The van der Waals surface area contributed by atoms with Gasteiger partial charge in [0.15, 0.2) is 5.65 Å². The molecule has 2 aromatic heterocycles. The van der Waals surface area contributed by atoms with Crippen molar-refractivity contribution in [2.75, 3.05) is 0 Å². The van der Waals surface area contributed by atoms with Crippen LogP contribution in [-0.4, -0.2) is 25.6 Å². The Balaban J connectivity index is 2.00. The summed E-state index contributed by atoms with van der Waals surface area (Å²) in [4.78, 5) is 20.0. The van der Waals surface area contributed by atoms with Gasteiger partial charge in [-0.15, -0.1) is 0 Å². The summed E-state index contributed by atoms with van der Waals surface area (Å²) in [6.07, 6.45) is 3.47. The van der Waals surface area contributed by atoms with Gasteiger partial charge in [-0.2, -0.15) is 0 Å². The number of nitrogens with zero attached hydrogens (tertiary/aromatic N) is 3. The number of rotatable bonds is 6. The molecule has 0 unspecified atom stereocenters. The normalized spacial score (nSPS) is 11.1. The van der Waals surface area contributed by atoms with Crippen LogP contribution in [-0.2, 0) is 11.3 Å². The van der Waals surface area contributed by atoms with Gasteiger partial charge in [0.25, 0.3) is 0 Å². The number of carbonyl (C=O) groups is 1. The molecule has 0 radical (unpaired) electrons. The van der Waals surface area contributed by atoms with E-state index in [1.54, 1.807) is 0 Å². The summed E-state index contributed by atoms with van der Waals surface area (Å²) in [6.45, 7) is 4.78. The number of carboxylic acids is 1. The second-order valence-corrected chi connectivity index (χ2v) is 6.16. The molecule has 0 aliphatic carbocycles. The van der Waals surface area contributed by atoms with Gasteiger partial charge in [0, 0.05) is 24.7 Å². The van der Waals surface area contributed by atoms with E-state index in [1.807, 2.05) is 25.3 Å². The van der Waals surface area contributed by atoms with Gasteiger partial charge in [-0.25, -0.2) is 9.97 Å². The summed E-state index contributed by atoms with van der Waals surface area (Å²) in [5, 5.41) is 8.80. The zero-order valence-corrected chi connectivity index (χ0v) is 14.0. The van der Waals surface area contributed by atoms with Crippen molar-refractivity contribution < 1.29 is 9.90 Å². The Labute approximate surface area is 141 Å². The Kier molecular flexibility index (Phi) is 4.60. The highest BCUT2D eigenvalue weighted by molar-refractivity contribution is 5.77. The first kappa shape index (κ1) is 16.2. The van der Waals surface area contributed by atoms with E-state index in [0.717, 1.165) is 34.5 Å². The van der Waals surface area contributed by atoms with Crippen molar-refractivity contribution in [1.82, 2.24) is 14.5 Å². The molecule has 24 heavy (non-hydrogen) atoms. The SMILES string of the molecule is Cc1cccc(-c2nc3cc(C)cnc3n2CCCCC(=O)O)c1. The average molecular weight is 323 g/mol. The molecule has 2 heterocycles. The van der Waals surface area contributed by atoms with Gasteiger partial charge >= 0.3 is 5.97 Å². The molecule has 124 valence electrons. The first-order chi connectivity index (χ1) is 11.5. The molecule has 0 saturated carbocycles. The molecule has 0 atom stereocenters. The number of unbranched alkanes of at least 4 members (excludes halogenated alkanes) is 1. The molecule has 5 heteroatoms. The maximum Gasteiger partial charge on any atom is 0.303 e. The lowest BCUT2D eigenvalue weighted by Crippen LogP contribution is -2.03. The number of aromatic nitrogens is 3. The molecule has 5 nitrogen and oxygen atoms in total. The first-order valence-corrected chi connectivity index (χ1v) is 8.16. The molecule has 3 rings (SSSR count). The van der Waals surface area contributed by atoms with Crippen LogP contribution in [0.5, 0.6) is 0 Å². The van der Waals surface area contributed by atoms with Crippen molar-refractivity contribution in [2.24, 2.45) is 0 Å². The van der Waals surface area contributed by atoms with E-state index in [2.05, 4.69) is 34.7 Å². The standard InChI is InChI=1S/C19H21N3O2/c1-13-6-5-7-15(10-13)18-21-16-11-14(2)12-20-19(16)22(18)9-4-3-8-17(23)24/h5-7,10-12H,3-4,8-9H2,1-2H3,(H,23,24). The number of aliphatic carboxylic acids is 1. The molecular formula is C19H21N3O2. The predicted octanol–water partition coefficient (Wildman–Crippen LogP) is 3.97. The first-order valence-electron chi connectivity index (χ1n) is 8.16. The van der Waals surface area contributed by atoms with Gasteiger partial charge in [-0.1, -0.05) is 23.8 Å². The van der Waals surface area contributed by atoms with Crippen molar-refractivity contribution in [2.45, 2.75) is 39.7 Å². The van der Waals surface area contributed by atoms with Crippen LogP contribution in [0.1, 0.15) is 30.4 Å². The number of hydrogen-bond acceptors (Lipinski definition) is 3. The van der Waals surface area contributed by atoms with Crippen molar-refractivity contribution in [3.63, 3.8) is 0 Å². The fourth-order valence-electron chi connectivity index (χ4n) is 2.87. The largest absolute Gasteiger partial charge is 0.481 e. The van der Waals surface area contributed by atoms with E-state index in [9.17, 15) is 4.79 Å². The van der Waals surface area contributed by atoms with Crippen LogP contribution in [0.4, 0.5) is 0 Å². The van der Waals surface area contributed by atoms with E-state index in [1.165, 1.54) is 5.56 Å². The number of imidazole rings is 1. The minimum Gasteiger partial charge on any atom is -0.481 e. The fourth-order valence-corrected chi connectivity index (χ4v) is 2.87. The van der Waals surface area contributed by atoms with E-state index < -0.39 is 5.97 Å². The van der Waals surface area contributed by atoms with Crippen LogP contribution in [0, 0.1) is 13.8 Å². The minimum absolute atomic E-state index is 0.193. The molecule has 0 spiro atoms. The van der Waals surface area contributed by atoms with Gasteiger partial charge in [0.05, 0.1) is 0 Å². The topological polar surface area (TPSA) is 68.0 Å². The zero-order chi connectivity index (χ0) is 17.1. The summed E-state index contributed by atoms with van der Waals surface area (Å²) in [7, 11) is 0. The van der Waals surface area contributed by atoms with Crippen molar-refractivity contribution in [3.05, 3.63) is 47.7 Å². The number of carboxylic acid groups (broad SMARTS) is 1. The highest BCUT2D eigenvalue weighted by Gasteiger charge is 2.14. The smallest absolute Gasteiger partial charge is 0.303 e. The Morgan fingerprint density at radius 1 is 1.17 bits per heavy atom. The molecule has 1 N–H and O–H groups in total. The Hall–Kier alpha value is -2.69. The Morgan fingerprint density at radius 2 is 2.00 bits per heavy atom. The van der Waals surface area contributed by atoms with Crippen molar-refractivity contribution in [1.29, 1.82) is 0 Å². The maximum atomic E-state index is 10.7. The minimum atomic E-state index is -0.752. The van der Waals surface area contributed by atoms with Crippen molar-refractivity contribution in [3.8, 4) is 11.4 Å². The van der Waals surface area contributed by atoms with E-state index in [4.69, 9.17) is 10.1 Å². The highest BCUT2D eigenvalue weighted by Crippen LogP contribution is 2.25. The second kappa shape index (κ2) is 6.83. The van der Waals surface area contributed by atoms with E-state index in [-0.39, 0.29) is 6.42 Å². The summed E-state index contributed by atoms with van der Waals surface area (Å²) in [5.41, 5.74) is 5.05. The summed E-state index contributed by atoms with van der Waals surface area (Å²) in [5.74, 6) is 0.139. The summed E-state index contributed by atoms with van der Waals surface area (Å²) < 4.78 is 2.10. The zero-order valence-electron chi connectivity index (χ0n) is 14.0. The molecule has 0 bridgehead atoms. The lowest BCUT2D eigenvalue weighted by atomic mass is 10.1. The molecule has 0 fully saturated rings. The number of hydrogen-bond donors (Lipinski definition) is 1. The predicted molar refractivity (Wildman–Crippen MR) is 93.9 cm³/mol. The summed E-state index contributed by atoms with van der Waals surface area (Å²) >= 11 is 0. The summed E-state index contributed by atoms with van der Waals surface area (Å²) in [6, 6.07) is 10.3. The molecule has 3 aromatic rings. The van der Waals surface area contributed by atoms with Crippen LogP contribution >= 0.6 is 0 Å². The highest BCUT2D eigenvalue weighted by atomic mass is 16.4. The fraction of sp³-hybridized carbons (Fsp3) is 0.316. The number of benzene rings is 1. The Morgan fingerprint density at radius 3 is 2.75 bits per heavy atom. The molecule has 0 aliphatic rings. The van der Waals surface area contributed by atoms with Gasteiger partial charge in [0.1, 0.15) is 11.3 Å². The van der Waals surface area contributed by atoms with Gasteiger partial charge in [-0.05, 0) is 44.4 Å². The average Bonchev–Trinajstić information content (AvgIpc) is 2.89. The molecule has 0 aliphatic heterocycles. The number of aryl methyl sites for hydroxylation is 3. The van der Waals surface area contributed by atoms with Gasteiger partial charge < -0.3 is 9.67 Å². The maximum absolute atomic E-state index is 10.7. The molecule has 0 amide bonds. The molecule has 1 aromatic carbocycles. The monoisotopic (exact) mass is 323 g/mol. The van der Waals surface area contributed by atoms with Crippen LogP contribution < -0.4 is 0 Å². The van der Waals surface area contributed by atoms with Crippen LogP contribution in [0.3, 0.4) is 0 Å². The van der Waals surface area contributed by atoms with E-state index >= 15 is 0 Å². The third-order valence-corrected chi connectivity index (χ3v) is 4.02. The number of pyridine rings is 1. The van der Waals surface area contributed by atoms with Crippen molar-refractivity contribution >= 4 is 17.1 Å². The third kappa shape index (κ3) is 3.45. The lowest BCUT2D eigenvalue weighted by molar-refractivity contribution is -0.137. The third-order valence-electron chi connectivity index (χ3n) is 4.02. The number of fused-ring (bicyclic) bond motifs is 1. The van der Waals surface area contributed by atoms with Gasteiger partial charge in [-0.3, -0.25) is 4.79 Å². The van der Waals surface area contributed by atoms with Crippen LogP contribution in [0.15, 0.2) is 36.5 Å². The van der Waals surface area contributed by atoms with Crippen LogP contribution in [0.2, 0.25) is 0 Å².